The minimum Gasteiger partial charge on any atom is -0.350 e. The van der Waals surface area contributed by atoms with Crippen molar-refractivity contribution in [2.45, 2.75) is 25.3 Å². The van der Waals surface area contributed by atoms with Crippen molar-refractivity contribution in [3.63, 3.8) is 0 Å². The minimum atomic E-state index is -0.153. The number of benzene rings is 1. The zero-order chi connectivity index (χ0) is 15.5. The highest BCUT2D eigenvalue weighted by atomic mass is 32.1. The Morgan fingerprint density at radius 2 is 2.27 bits per heavy atom. The molecule has 0 fully saturated rings. The fourth-order valence-corrected chi connectivity index (χ4v) is 3.62. The number of aryl methyl sites for hydroxylation is 1. The predicted molar refractivity (Wildman–Crippen MR) is 92.9 cm³/mol. The lowest BCUT2D eigenvalue weighted by atomic mass is 9.80. The second-order valence-electron chi connectivity index (χ2n) is 5.69. The Morgan fingerprint density at radius 1 is 1.41 bits per heavy atom. The molecular weight excluding hydrogens is 288 g/mol. The predicted octanol–water partition coefficient (Wildman–Crippen LogP) is 4.26. The number of nitriles is 1. The maximum atomic E-state index is 9.62. The lowest BCUT2D eigenvalue weighted by Gasteiger charge is -2.29. The van der Waals surface area contributed by atoms with E-state index in [1.54, 1.807) is 0 Å². The van der Waals surface area contributed by atoms with Crippen molar-refractivity contribution in [2.75, 3.05) is 0 Å². The van der Waals surface area contributed by atoms with Crippen molar-refractivity contribution < 1.29 is 0 Å². The van der Waals surface area contributed by atoms with Crippen LogP contribution < -0.4 is 0 Å². The van der Waals surface area contributed by atoms with Gasteiger partial charge in [0.1, 0.15) is 0 Å². The van der Waals surface area contributed by atoms with E-state index in [0.717, 1.165) is 35.5 Å². The fourth-order valence-electron chi connectivity index (χ4n) is 3.24. The van der Waals surface area contributed by atoms with Crippen molar-refractivity contribution in [2.24, 2.45) is 5.92 Å². The van der Waals surface area contributed by atoms with Crippen LogP contribution in [-0.2, 0) is 13.0 Å². The van der Waals surface area contributed by atoms with Gasteiger partial charge in [-0.05, 0) is 36.1 Å². The summed E-state index contributed by atoms with van der Waals surface area (Å²) < 4.78 is 2.17. The molecule has 2 nitrogen and oxygen atoms in total. The van der Waals surface area contributed by atoms with Crippen molar-refractivity contribution >= 4 is 17.1 Å². The Bertz CT molecular complexity index is 751. The zero-order valence-corrected chi connectivity index (χ0v) is 13.2. The van der Waals surface area contributed by atoms with Crippen LogP contribution in [0.5, 0.6) is 0 Å². The molecule has 2 heterocycles. The average molecular weight is 306 g/mol. The number of aromatic nitrogens is 1. The first-order valence-electron chi connectivity index (χ1n) is 7.53. The number of allylic oxidation sites excluding steroid dienone is 1. The number of thiocarbonyl (C=S) groups is 1. The van der Waals surface area contributed by atoms with Crippen molar-refractivity contribution in [1.29, 1.82) is 5.26 Å². The first-order valence-corrected chi connectivity index (χ1v) is 7.94. The van der Waals surface area contributed by atoms with Gasteiger partial charge >= 0.3 is 0 Å². The van der Waals surface area contributed by atoms with E-state index in [-0.39, 0.29) is 11.8 Å². The van der Waals surface area contributed by atoms with E-state index in [2.05, 4.69) is 35.4 Å². The Morgan fingerprint density at radius 3 is 3.05 bits per heavy atom. The highest BCUT2D eigenvalue weighted by Gasteiger charge is 2.32. The van der Waals surface area contributed by atoms with Crippen molar-refractivity contribution in [3.8, 4) is 6.07 Å². The van der Waals surface area contributed by atoms with Gasteiger partial charge in [-0.3, -0.25) is 0 Å². The summed E-state index contributed by atoms with van der Waals surface area (Å²) >= 11 is 5.74. The molecule has 0 saturated carbocycles. The molecule has 2 aromatic rings. The zero-order valence-electron chi connectivity index (χ0n) is 12.4. The largest absolute Gasteiger partial charge is 0.350 e. The third-order valence-electron chi connectivity index (χ3n) is 4.33. The second-order valence-corrected chi connectivity index (χ2v) is 6.13. The molecular formula is C19H18N2S. The number of rotatable bonds is 4. The molecule has 3 heteroatoms. The van der Waals surface area contributed by atoms with Crippen LogP contribution in [0.4, 0.5) is 0 Å². The second kappa shape index (κ2) is 6.29. The summed E-state index contributed by atoms with van der Waals surface area (Å²) in [5.74, 6) is -0.0410. The van der Waals surface area contributed by atoms with E-state index < -0.39 is 0 Å². The summed E-state index contributed by atoms with van der Waals surface area (Å²) in [7, 11) is 0. The smallest absolute Gasteiger partial charge is 0.0941 e. The quantitative estimate of drug-likeness (QED) is 0.480. The lowest BCUT2D eigenvalue weighted by molar-refractivity contribution is 0.444. The molecule has 2 atom stereocenters. The van der Waals surface area contributed by atoms with Crippen molar-refractivity contribution in [1.82, 2.24) is 4.57 Å². The standard InChI is InChI=1S/C19H18N2S/c1-2-5-14-6-3-7-15(12-14)19(22)16-9-11-21-10-4-8-18(21)17(16)13-20/h2-4,6-8,10,12,16-17H,1,5,9,11H2. The van der Waals surface area contributed by atoms with Crippen LogP contribution in [0, 0.1) is 17.2 Å². The molecule has 0 saturated heterocycles. The molecule has 0 radical (unpaired) electrons. The fraction of sp³-hybridized carbons (Fsp3) is 0.263. The normalized spacial score (nSPS) is 20.0. The molecule has 0 amide bonds. The van der Waals surface area contributed by atoms with Gasteiger partial charge in [0, 0.05) is 29.2 Å². The van der Waals surface area contributed by atoms with Crippen LogP contribution in [0.15, 0.2) is 55.3 Å². The Kier molecular flexibility index (Phi) is 4.22. The van der Waals surface area contributed by atoms with Crippen LogP contribution in [-0.4, -0.2) is 9.43 Å². The van der Waals surface area contributed by atoms with Crippen LogP contribution in [0.2, 0.25) is 0 Å². The molecule has 1 aliphatic rings. The molecule has 0 aliphatic carbocycles. The first-order chi connectivity index (χ1) is 10.7. The monoisotopic (exact) mass is 306 g/mol. The van der Waals surface area contributed by atoms with Gasteiger partial charge in [0.25, 0.3) is 0 Å². The maximum Gasteiger partial charge on any atom is 0.0941 e. The number of fused-ring (bicyclic) bond motifs is 1. The summed E-state index contributed by atoms with van der Waals surface area (Å²) in [6, 6.07) is 14.8. The van der Waals surface area contributed by atoms with Gasteiger partial charge in [0.2, 0.25) is 0 Å². The summed E-state index contributed by atoms with van der Waals surface area (Å²) in [6.07, 6.45) is 5.70. The van der Waals surface area contributed by atoms with Gasteiger partial charge in [-0.2, -0.15) is 5.26 Å². The Balaban J connectivity index is 1.91. The molecule has 0 N–H and O–H groups in total. The number of nitrogens with zero attached hydrogens (tertiary/aromatic N) is 2. The van der Waals surface area contributed by atoms with Gasteiger partial charge in [-0.1, -0.05) is 42.6 Å². The molecule has 0 spiro atoms. The highest BCUT2D eigenvalue weighted by Crippen LogP contribution is 2.35. The first kappa shape index (κ1) is 14.7. The van der Waals surface area contributed by atoms with Crippen LogP contribution in [0.25, 0.3) is 0 Å². The van der Waals surface area contributed by atoms with Crippen LogP contribution in [0.1, 0.15) is 29.2 Å². The molecule has 1 aromatic heterocycles. The highest BCUT2D eigenvalue weighted by molar-refractivity contribution is 7.80. The van der Waals surface area contributed by atoms with Crippen LogP contribution >= 0.6 is 12.2 Å². The topological polar surface area (TPSA) is 28.7 Å². The molecule has 22 heavy (non-hydrogen) atoms. The molecule has 3 rings (SSSR count). The molecule has 0 bridgehead atoms. The average Bonchev–Trinajstić information content (AvgIpc) is 3.02. The third-order valence-corrected chi connectivity index (χ3v) is 4.87. The maximum absolute atomic E-state index is 9.62. The summed E-state index contributed by atoms with van der Waals surface area (Å²) in [5.41, 5.74) is 3.37. The summed E-state index contributed by atoms with van der Waals surface area (Å²) in [6.45, 7) is 4.71. The Hall–Kier alpha value is -2.18. The van der Waals surface area contributed by atoms with E-state index in [1.165, 1.54) is 5.56 Å². The number of hydrogen-bond donors (Lipinski definition) is 0. The van der Waals surface area contributed by atoms with E-state index in [1.807, 2.05) is 30.5 Å². The lowest BCUT2D eigenvalue weighted by Crippen LogP contribution is -2.29. The Labute approximate surface area is 136 Å². The van der Waals surface area contributed by atoms with Gasteiger partial charge in [0.15, 0.2) is 0 Å². The van der Waals surface area contributed by atoms with Gasteiger partial charge in [-0.25, -0.2) is 0 Å². The summed E-state index contributed by atoms with van der Waals surface area (Å²) in [4.78, 5) is 0.907. The van der Waals surface area contributed by atoms with E-state index in [0.29, 0.717) is 0 Å². The third kappa shape index (κ3) is 2.63. The molecule has 1 aliphatic heterocycles. The van der Waals surface area contributed by atoms with Gasteiger partial charge in [0.05, 0.1) is 12.0 Å². The van der Waals surface area contributed by atoms with Crippen LogP contribution in [0.3, 0.4) is 0 Å². The molecule has 2 unspecified atom stereocenters. The SMILES string of the molecule is C=CCc1cccc(C(=S)C2CCn3cccc3C2C#N)c1. The van der Waals surface area contributed by atoms with Crippen molar-refractivity contribution in [3.05, 3.63) is 72.1 Å². The molecule has 1 aromatic carbocycles. The van der Waals surface area contributed by atoms with E-state index >= 15 is 0 Å². The van der Waals surface area contributed by atoms with Gasteiger partial charge < -0.3 is 4.57 Å². The van der Waals surface area contributed by atoms with E-state index in [4.69, 9.17) is 12.2 Å². The van der Waals surface area contributed by atoms with E-state index in [9.17, 15) is 5.26 Å². The summed E-state index contributed by atoms with van der Waals surface area (Å²) in [5, 5.41) is 9.62. The number of hydrogen-bond acceptors (Lipinski definition) is 2. The molecule has 110 valence electrons. The van der Waals surface area contributed by atoms with Gasteiger partial charge in [-0.15, -0.1) is 6.58 Å². The minimum absolute atomic E-state index is 0.112.